The van der Waals surface area contributed by atoms with E-state index in [4.69, 9.17) is 28.9 Å². The molecule has 0 heterocycles. The first-order chi connectivity index (χ1) is 8.34. The van der Waals surface area contributed by atoms with Crippen molar-refractivity contribution in [2.45, 2.75) is 32.2 Å². The van der Waals surface area contributed by atoms with Crippen molar-refractivity contribution in [1.29, 1.82) is 0 Å². The van der Waals surface area contributed by atoms with Gasteiger partial charge in [0, 0.05) is 5.69 Å². The Morgan fingerprint density at radius 2 is 1.78 bits per heavy atom. The van der Waals surface area contributed by atoms with Crippen molar-refractivity contribution in [3.05, 3.63) is 22.2 Å². The van der Waals surface area contributed by atoms with Crippen molar-refractivity contribution < 1.29 is 9.90 Å². The minimum Gasteiger partial charge on any atom is -0.505 e. The zero-order chi connectivity index (χ0) is 13.9. The Hall–Kier alpha value is -0.970. The molecule has 0 saturated heterocycles. The lowest BCUT2D eigenvalue weighted by molar-refractivity contribution is -0.121. The molecule has 0 unspecified atom stereocenters. The molecule has 100 valence electrons. The number of nitrogens with one attached hydrogen (secondary N) is 1. The van der Waals surface area contributed by atoms with E-state index in [0.717, 1.165) is 0 Å². The predicted octanol–water partition coefficient (Wildman–Crippen LogP) is 3.16. The van der Waals surface area contributed by atoms with Crippen LogP contribution in [-0.2, 0) is 4.79 Å². The molecule has 1 aromatic carbocycles. The van der Waals surface area contributed by atoms with Gasteiger partial charge in [0.1, 0.15) is 0 Å². The van der Waals surface area contributed by atoms with E-state index in [1.165, 1.54) is 12.1 Å². The van der Waals surface area contributed by atoms with Gasteiger partial charge in [-0.25, -0.2) is 0 Å². The monoisotopic (exact) mass is 290 g/mol. The Labute approximate surface area is 116 Å². The molecular formula is C12H16Cl2N2O2. The lowest BCUT2D eigenvalue weighted by Crippen LogP contribution is -2.50. The van der Waals surface area contributed by atoms with Gasteiger partial charge in [0.05, 0.1) is 15.6 Å². The maximum atomic E-state index is 12.0. The van der Waals surface area contributed by atoms with Gasteiger partial charge in [-0.15, -0.1) is 0 Å². The van der Waals surface area contributed by atoms with Gasteiger partial charge in [-0.05, 0) is 25.0 Å². The zero-order valence-corrected chi connectivity index (χ0v) is 11.8. The number of phenolic OH excluding ortho intramolecular Hbond substituents is 1. The fraction of sp³-hybridized carbons (Fsp3) is 0.417. The Kier molecular flexibility index (Phi) is 4.85. The maximum Gasteiger partial charge on any atom is 0.244 e. The molecule has 0 radical (unpaired) electrons. The van der Waals surface area contributed by atoms with Gasteiger partial charge in [-0.2, -0.15) is 0 Å². The molecule has 0 spiro atoms. The first-order valence-corrected chi connectivity index (χ1v) is 6.38. The number of rotatable bonds is 4. The summed E-state index contributed by atoms with van der Waals surface area (Å²) in [5.74, 6) is -0.508. The normalized spacial score (nSPS) is 11.4. The first kappa shape index (κ1) is 15.1. The van der Waals surface area contributed by atoms with Crippen LogP contribution in [0.4, 0.5) is 5.69 Å². The predicted molar refractivity (Wildman–Crippen MR) is 74.3 cm³/mol. The van der Waals surface area contributed by atoms with Gasteiger partial charge in [-0.3, -0.25) is 4.79 Å². The van der Waals surface area contributed by atoms with Crippen LogP contribution in [0.5, 0.6) is 5.75 Å². The number of hydrogen-bond donors (Lipinski definition) is 3. The van der Waals surface area contributed by atoms with Crippen molar-refractivity contribution in [2.24, 2.45) is 5.73 Å². The highest BCUT2D eigenvalue weighted by Gasteiger charge is 2.30. The topological polar surface area (TPSA) is 75.4 Å². The van der Waals surface area contributed by atoms with E-state index in [2.05, 4.69) is 5.32 Å². The summed E-state index contributed by atoms with van der Waals surface area (Å²) in [6, 6.07) is 2.85. The second kappa shape index (κ2) is 5.78. The summed E-state index contributed by atoms with van der Waals surface area (Å²) in [6.45, 7) is 3.69. The summed E-state index contributed by atoms with van der Waals surface area (Å²) in [5.41, 5.74) is 5.45. The first-order valence-electron chi connectivity index (χ1n) is 5.62. The van der Waals surface area contributed by atoms with Gasteiger partial charge in [0.15, 0.2) is 5.75 Å². The third-order valence-corrected chi connectivity index (χ3v) is 3.57. The van der Waals surface area contributed by atoms with Crippen LogP contribution in [-0.4, -0.2) is 16.6 Å². The fourth-order valence-electron chi connectivity index (χ4n) is 1.46. The van der Waals surface area contributed by atoms with Gasteiger partial charge < -0.3 is 16.2 Å². The molecule has 0 aromatic heterocycles. The standard InChI is InChI=1S/C12H16Cl2N2O2/c1-3-12(15,4-2)11(18)16-7-5-8(13)10(17)9(14)6-7/h5-6,17H,3-4,15H2,1-2H3,(H,16,18). The smallest absolute Gasteiger partial charge is 0.244 e. The lowest BCUT2D eigenvalue weighted by atomic mass is 9.93. The third-order valence-electron chi connectivity index (χ3n) is 2.99. The highest BCUT2D eigenvalue weighted by atomic mass is 35.5. The van der Waals surface area contributed by atoms with E-state index >= 15 is 0 Å². The van der Waals surface area contributed by atoms with Crippen LogP contribution in [0.1, 0.15) is 26.7 Å². The van der Waals surface area contributed by atoms with E-state index in [1.807, 2.05) is 13.8 Å². The van der Waals surface area contributed by atoms with E-state index in [9.17, 15) is 9.90 Å². The summed E-state index contributed by atoms with van der Waals surface area (Å²) < 4.78 is 0. The summed E-state index contributed by atoms with van der Waals surface area (Å²) in [6.07, 6.45) is 1.05. The largest absolute Gasteiger partial charge is 0.505 e. The molecule has 4 N–H and O–H groups in total. The number of phenols is 1. The molecule has 0 saturated carbocycles. The minimum absolute atomic E-state index is 0.0772. The van der Waals surface area contributed by atoms with Crippen LogP contribution in [0.15, 0.2) is 12.1 Å². The molecule has 0 atom stereocenters. The number of nitrogens with two attached hydrogens (primary N) is 1. The van der Waals surface area contributed by atoms with Crippen molar-refractivity contribution >= 4 is 34.8 Å². The average Bonchev–Trinajstić information content (AvgIpc) is 2.34. The zero-order valence-electron chi connectivity index (χ0n) is 10.3. The van der Waals surface area contributed by atoms with Crippen LogP contribution < -0.4 is 11.1 Å². The maximum absolute atomic E-state index is 12.0. The van der Waals surface area contributed by atoms with Gasteiger partial charge in [-0.1, -0.05) is 37.0 Å². The molecule has 4 nitrogen and oxygen atoms in total. The van der Waals surface area contributed by atoms with Crippen LogP contribution in [0, 0.1) is 0 Å². The second-order valence-electron chi connectivity index (χ2n) is 4.11. The second-order valence-corrected chi connectivity index (χ2v) is 4.92. The molecular weight excluding hydrogens is 275 g/mol. The Bertz CT molecular complexity index is 436. The quantitative estimate of drug-likeness (QED) is 0.746. The lowest BCUT2D eigenvalue weighted by Gasteiger charge is -2.25. The molecule has 0 aliphatic rings. The molecule has 0 aliphatic carbocycles. The minimum atomic E-state index is -0.920. The van der Waals surface area contributed by atoms with E-state index in [-0.39, 0.29) is 21.7 Å². The van der Waals surface area contributed by atoms with Gasteiger partial charge in [0.2, 0.25) is 5.91 Å². The molecule has 1 aromatic rings. The highest BCUT2D eigenvalue weighted by molar-refractivity contribution is 6.37. The fourth-order valence-corrected chi connectivity index (χ4v) is 1.95. The SMILES string of the molecule is CCC(N)(CC)C(=O)Nc1cc(Cl)c(O)c(Cl)c1. The summed E-state index contributed by atoms with van der Waals surface area (Å²) in [4.78, 5) is 12.0. The van der Waals surface area contributed by atoms with Crippen molar-refractivity contribution in [3.63, 3.8) is 0 Å². The van der Waals surface area contributed by atoms with Crippen molar-refractivity contribution in [1.82, 2.24) is 0 Å². The number of carbonyl (C=O) groups excluding carboxylic acids is 1. The van der Waals surface area contributed by atoms with Crippen LogP contribution in [0.25, 0.3) is 0 Å². The summed E-state index contributed by atoms with van der Waals surface area (Å²) in [7, 11) is 0. The molecule has 1 amide bonds. The molecule has 0 bridgehead atoms. The van der Waals surface area contributed by atoms with Crippen LogP contribution in [0.3, 0.4) is 0 Å². The number of halogens is 2. The Balaban J connectivity index is 2.95. The highest BCUT2D eigenvalue weighted by Crippen LogP contribution is 2.34. The van der Waals surface area contributed by atoms with E-state index in [1.54, 1.807) is 0 Å². The number of amides is 1. The third kappa shape index (κ3) is 3.07. The van der Waals surface area contributed by atoms with Crippen molar-refractivity contribution in [2.75, 3.05) is 5.32 Å². The summed E-state index contributed by atoms with van der Waals surface area (Å²) in [5, 5.41) is 12.2. The average molecular weight is 291 g/mol. The Morgan fingerprint density at radius 1 is 1.33 bits per heavy atom. The number of carbonyl (C=O) groups is 1. The number of benzene rings is 1. The van der Waals surface area contributed by atoms with Crippen LogP contribution >= 0.6 is 23.2 Å². The molecule has 6 heteroatoms. The molecule has 18 heavy (non-hydrogen) atoms. The number of aromatic hydroxyl groups is 1. The number of anilines is 1. The van der Waals surface area contributed by atoms with E-state index < -0.39 is 5.54 Å². The molecule has 1 rings (SSSR count). The van der Waals surface area contributed by atoms with Crippen molar-refractivity contribution in [3.8, 4) is 5.75 Å². The van der Waals surface area contributed by atoms with E-state index in [0.29, 0.717) is 18.5 Å². The number of hydrogen-bond acceptors (Lipinski definition) is 3. The van der Waals surface area contributed by atoms with Crippen LogP contribution in [0.2, 0.25) is 10.0 Å². The van der Waals surface area contributed by atoms with Gasteiger partial charge >= 0.3 is 0 Å². The molecule has 0 aliphatic heterocycles. The summed E-state index contributed by atoms with van der Waals surface area (Å²) >= 11 is 11.5. The molecule has 0 fully saturated rings. The Morgan fingerprint density at radius 3 is 2.17 bits per heavy atom. The van der Waals surface area contributed by atoms with Gasteiger partial charge in [0.25, 0.3) is 0 Å².